The van der Waals surface area contributed by atoms with Crippen LogP contribution in [-0.2, 0) is 17.8 Å². The number of nitrogens with zero attached hydrogens (tertiary/aromatic N) is 4. The Balaban J connectivity index is 1.82. The topological polar surface area (TPSA) is 121 Å². The number of halogens is 1. The Morgan fingerprint density at radius 2 is 2.06 bits per heavy atom. The van der Waals surface area contributed by atoms with Crippen molar-refractivity contribution in [1.29, 1.82) is 10.5 Å². The van der Waals surface area contributed by atoms with Gasteiger partial charge in [0.05, 0.1) is 22.3 Å². The van der Waals surface area contributed by atoms with E-state index < -0.39 is 5.91 Å². The van der Waals surface area contributed by atoms with Crippen molar-refractivity contribution in [1.82, 2.24) is 10.2 Å². The molecule has 1 N–H and O–H groups in total. The largest absolute Gasteiger partial charge is 0.493 e. The third-order valence-electron chi connectivity index (χ3n) is 4.43. The van der Waals surface area contributed by atoms with Crippen LogP contribution >= 0.6 is 33.9 Å². The Morgan fingerprint density at radius 3 is 2.73 bits per heavy atom. The van der Waals surface area contributed by atoms with Gasteiger partial charge in [-0.15, -0.1) is 10.2 Å². The molecule has 0 spiro atoms. The van der Waals surface area contributed by atoms with E-state index in [-0.39, 0.29) is 12.2 Å². The van der Waals surface area contributed by atoms with Gasteiger partial charge < -0.3 is 9.47 Å². The Morgan fingerprint density at radius 1 is 1.27 bits per heavy atom. The van der Waals surface area contributed by atoms with Gasteiger partial charge in [-0.1, -0.05) is 36.5 Å². The first-order valence-electron chi connectivity index (χ1n) is 9.72. The minimum atomic E-state index is -0.571. The first-order valence-corrected chi connectivity index (χ1v) is 11.6. The van der Waals surface area contributed by atoms with Gasteiger partial charge in [0.2, 0.25) is 5.13 Å². The average molecular weight is 571 g/mol. The zero-order valence-electron chi connectivity index (χ0n) is 17.8. The van der Waals surface area contributed by atoms with Crippen molar-refractivity contribution in [3.05, 3.63) is 67.2 Å². The van der Waals surface area contributed by atoms with E-state index in [0.717, 1.165) is 14.1 Å². The summed E-state index contributed by atoms with van der Waals surface area (Å²) < 4.78 is 12.1. The minimum Gasteiger partial charge on any atom is -0.493 e. The van der Waals surface area contributed by atoms with Crippen molar-refractivity contribution < 1.29 is 14.3 Å². The van der Waals surface area contributed by atoms with Crippen molar-refractivity contribution >= 4 is 51.0 Å². The lowest BCUT2D eigenvalue weighted by molar-refractivity contribution is -0.112. The fourth-order valence-corrected chi connectivity index (χ4v) is 4.25. The van der Waals surface area contributed by atoms with Gasteiger partial charge in [0, 0.05) is 5.56 Å². The highest BCUT2D eigenvalue weighted by molar-refractivity contribution is 14.1. The molecule has 3 rings (SSSR count). The lowest BCUT2D eigenvalue weighted by Gasteiger charge is -2.14. The maximum Gasteiger partial charge on any atom is 0.268 e. The number of methoxy groups -OCH3 is 1. The second-order valence-electron chi connectivity index (χ2n) is 6.57. The second kappa shape index (κ2) is 11.4. The number of carbonyl (C=O) groups excluding carboxylic acids is 1. The zero-order valence-corrected chi connectivity index (χ0v) is 20.7. The third-order valence-corrected chi connectivity index (χ3v) is 6.21. The minimum absolute atomic E-state index is 0.0854. The molecule has 2 aromatic carbocycles. The molecule has 0 aliphatic heterocycles. The number of aromatic nitrogens is 2. The molecule has 0 atom stereocenters. The molecule has 1 heterocycles. The number of hydrogen-bond acceptors (Lipinski definition) is 8. The second-order valence-corrected chi connectivity index (χ2v) is 8.79. The Bertz CT molecular complexity index is 1290. The molecule has 33 heavy (non-hydrogen) atoms. The van der Waals surface area contributed by atoms with Gasteiger partial charge in [0.1, 0.15) is 23.3 Å². The summed E-state index contributed by atoms with van der Waals surface area (Å²) in [5.74, 6) is 0.377. The number of aryl methyl sites for hydroxylation is 1. The van der Waals surface area contributed by atoms with Gasteiger partial charge >= 0.3 is 0 Å². The fraction of sp³-hybridized carbons (Fsp3) is 0.174. The monoisotopic (exact) mass is 571 g/mol. The molecular weight excluding hydrogens is 553 g/mol. The van der Waals surface area contributed by atoms with E-state index in [1.54, 1.807) is 24.3 Å². The van der Waals surface area contributed by atoms with Crippen LogP contribution in [0.25, 0.3) is 6.08 Å². The van der Waals surface area contributed by atoms with Crippen LogP contribution < -0.4 is 14.8 Å². The van der Waals surface area contributed by atoms with Crippen LogP contribution in [0, 0.1) is 26.2 Å². The lowest BCUT2D eigenvalue weighted by atomic mass is 10.1. The standard InChI is InChI=1S/C23H18IN5O3S/c1-3-20-28-29-23(33-20)27-22(30)17(12-26)8-14-9-18(24)21(19(10-14)31-2)32-13-16-7-5-4-6-15(16)11-25/h4-10H,3,13H2,1-2H3,(H,27,29,30). The van der Waals surface area contributed by atoms with E-state index in [2.05, 4.69) is 44.2 Å². The van der Waals surface area contributed by atoms with Gasteiger partial charge in [-0.3, -0.25) is 10.1 Å². The Hall–Kier alpha value is -3.48. The molecule has 0 bridgehead atoms. The summed E-state index contributed by atoms with van der Waals surface area (Å²) in [6.45, 7) is 2.14. The quantitative estimate of drug-likeness (QED) is 0.236. The molecule has 0 aliphatic carbocycles. The molecule has 8 nitrogen and oxygen atoms in total. The predicted octanol–water partition coefficient (Wildman–Crippen LogP) is 4.71. The third kappa shape index (κ3) is 6.06. The number of carbonyl (C=O) groups is 1. The number of amides is 1. The fourth-order valence-electron chi connectivity index (χ4n) is 2.80. The summed E-state index contributed by atoms with van der Waals surface area (Å²) in [6.07, 6.45) is 2.18. The highest BCUT2D eigenvalue weighted by atomic mass is 127. The highest BCUT2D eigenvalue weighted by Crippen LogP contribution is 2.35. The maximum absolute atomic E-state index is 12.5. The first-order chi connectivity index (χ1) is 16.0. The van der Waals surface area contributed by atoms with Crippen LogP contribution in [0.15, 0.2) is 42.0 Å². The molecule has 0 aliphatic rings. The summed E-state index contributed by atoms with van der Waals surface area (Å²) >= 11 is 3.36. The smallest absolute Gasteiger partial charge is 0.268 e. The van der Waals surface area contributed by atoms with Gasteiger partial charge in [-0.2, -0.15) is 10.5 Å². The Kier molecular flexibility index (Phi) is 8.35. The zero-order chi connectivity index (χ0) is 23.8. The van der Waals surface area contributed by atoms with Crippen molar-refractivity contribution in [3.8, 4) is 23.6 Å². The van der Waals surface area contributed by atoms with Crippen molar-refractivity contribution in [2.75, 3.05) is 12.4 Å². The average Bonchev–Trinajstić information content (AvgIpc) is 3.29. The van der Waals surface area contributed by atoms with Gasteiger partial charge in [-0.05, 0) is 58.9 Å². The molecule has 0 fully saturated rings. The summed E-state index contributed by atoms with van der Waals surface area (Å²) in [5, 5.41) is 30.4. The molecule has 0 radical (unpaired) electrons. The molecule has 166 valence electrons. The molecule has 0 unspecified atom stereocenters. The molecule has 3 aromatic rings. The van der Waals surface area contributed by atoms with Gasteiger partial charge in [0.25, 0.3) is 5.91 Å². The van der Waals surface area contributed by atoms with E-state index in [1.165, 1.54) is 24.5 Å². The van der Waals surface area contributed by atoms with E-state index in [9.17, 15) is 15.3 Å². The van der Waals surface area contributed by atoms with Crippen molar-refractivity contribution in [3.63, 3.8) is 0 Å². The number of ether oxygens (including phenoxy) is 2. The van der Waals surface area contributed by atoms with E-state index in [1.807, 2.05) is 25.1 Å². The van der Waals surface area contributed by atoms with Crippen LogP contribution in [0.1, 0.15) is 28.6 Å². The van der Waals surface area contributed by atoms with Crippen LogP contribution in [0.3, 0.4) is 0 Å². The number of nitriles is 2. The molecule has 0 saturated heterocycles. The summed E-state index contributed by atoms with van der Waals surface area (Å²) in [6, 6.07) is 14.7. The SMILES string of the molecule is CCc1nnc(NC(=O)C(C#N)=Cc2cc(I)c(OCc3ccccc3C#N)c(OC)c2)s1. The Labute approximate surface area is 208 Å². The normalized spacial score (nSPS) is 10.8. The summed E-state index contributed by atoms with van der Waals surface area (Å²) in [4.78, 5) is 12.5. The molecule has 1 aromatic heterocycles. The maximum atomic E-state index is 12.5. The molecule has 0 saturated carbocycles. The van der Waals surface area contributed by atoms with E-state index >= 15 is 0 Å². The van der Waals surface area contributed by atoms with Gasteiger partial charge in [-0.25, -0.2) is 0 Å². The molecular formula is C23H18IN5O3S. The lowest BCUT2D eigenvalue weighted by Crippen LogP contribution is -2.13. The summed E-state index contributed by atoms with van der Waals surface area (Å²) in [7, 11) is 1.51. The van der Waals surface area contributed by atoms with Crippen LogP contribution in [0.5, 0.6) is 11.5 Å². The molecule has 10 heteroatoms. The number of benzene rings is 2. The number of nitrogens with one attached hydrogen (secondary N) is 1. The van der Waals surface area contributed by atoms with Crippen LogP contribution in [0.2, 0.25) is 0 Å². The van der Waals surface area contributed by atoms with E-state index in [4.69, 9.17) is 9.47 Å². The van der Waals surface area contributed by atoms with Crippen LogP contribution in [-0.4, -0.2) is 23.2 Å². The van der Waals surface area contributed by atoms with Crippen molar-refractivity contribution in [2.45, 2.75) is 20.0 Å². The number of hydrogen-bond donors (Lipinski definition) is 1. The van der Waals surface area contributed by atoms with E-state index in [0.29, 0.717) is 34.2 Å². The number of rotatable bonds is 8. The van der Waals surface area contributed by atoms with Crippen molar-refractivity contribution in [2.24, 2.45) is 0 Å². The van der Waals surface area contributed by atoms with Gasteiger partial charge in [0.15, 0.2) is 11.5 Å². The molecule has 1 amide bonds. The first kappa shape index (κ1) is 24.2. The number of anilines is 1. The summed E-state index contributed by atoms with van der Waals surface area (Å²) in [5.41, 5.74) is 1.81. The predicted molar refractivity (Wildman–Crippen MR) is 133 cm³/mol. The highest BCUT2D eigenvalue weighted by Gasteiger charge is 2.16. The van der Waals surface area contributed by atoms with Crippen LogP contribution in [0.4, 0.5) is 5.13 Å².